The Bertz CT molecular complexity index is 953. The lowest BCUT2D eigenvalue weighted by atomic mass is 10.0. The van der Waals surface area contributed by atoms with Gasteiger partial charge in [-0.3, -0.25) is 9.78 Å². The van der Waals surface area contributed by atoms with Gasteiger partial charge < -0.3 is 10.2 Å². The molecule has 1 aromatic carbocycles. The van der Waals surface area contributed by atoms with Crippen molar-refractivity contribution in [1.82, 2.24) is 25.3 Å². The minimum Gasteiger partial charge on any atom is -0.363 e. The minimum absolute atomic E-state index is 0.234. The number of carbonyl (C=O) groups excluding carboxylic acids is 1. The van der Waals surface area contributed by atoms with Gasteiger partial charge in [-0.15, -0.1) is 0 Å². The van der Waals surface area contributed by atoms with Crippen LogP contribution in [-0.4, -0.2) is 39.9 Å². The van der Waals surface area contributed by atoms with Crippen LogP contribution in [0, 0.1) is 0 Å². The number of rotatable bonds is 7. The van der Waals surface area contributed by atoms with Gasteiger partial charge >= 0.3 is 0 Å². The first-order valence-electron chi connectivity index (χ1n) is 9.77. The molecule has 0 bridgehead atoms. The molecule has 1 aliphatic rings. The van der Waals surface area contributed by atoms with E-state index in [1.165, 1.54) is 12.4 Å². The third kappa shape index (κ3) is 4.74. The molecule has 4 rings (SSSR count). The van der Waals surface area contributed by atoms with Crippen LogP contribution in [0.4, 0.5) is 5.82 Å². The Morgan fingerprint density at radius 3 is 2.62 bits per heavy atom. The normalized spacial score (nSPS) is 14.3. The molecule has 1 amide bonds. The highest BCUT2D eigenvalue weighted by Crippen LogP contribution is 2.38. The molecule has 7 nitrogen and oxygen atoms in total. The highest BCUT2D eigenvalue weighted by molar-refractivity contribution is 5.92. The highest BCUT2D eigenvalue weighted by atomic mass is 16.1. The average molecular weight is 388 g/mol. The Morgan fingerprint density at radius 1 is 1.17 bits per heavy atom. The van der Waals surface area contributed by atoms with E-state index in [1.807, 2.05) is 55.4 Å². The van der Waals surface area contributed by atoms with E-state index in [-0.39, 0.29) is 11.9 Å². The summed E-state index contributed by atoms with van der Waals surface area (Å²) in [5.74, 6) is 2.00. The minimum atomic E-state index is -0.253. The fourth-order valence-electron chi connectivity index (χ4n) is 3.16. The molecule has 0 aliphatic heterocycles. The van der Waals surface area contributed by atoms with Gasteiger partial charge in [0.1, 0.15) is 17.3 Å². The second kappa shape index (κ2) is 8.34. The van der Waals surface area contributed by atoms with Crippen LogP contribution >= 0.6 is 0 Å². The van der Waals surface area contributed by atoms with Crippen molar-refractivity contribution in [2.45, 2.75) is 31.2 Å². The molecule has 1 fully saturated rings. The van der Waals surface area contributed by atoms with Crippen molar-refractivity contribution in [3.05, 3.63) is 77.8 Å². The average Bonchev–Trinajstić information content (AvgIpc) is 3.60. The van der Waals surface area contributed by atoms with E-state index in [2.05, 4.69) is 15.3 Å². The summed E-state index contributed by atoms with van der Waals surface area (Å²) in [6.07, 6.45) is 7.39. The van der Waals surface area contributed by atoms with E-state index in [9.17, 15) is 4.79 Å². The third-order valence-electron chi connectivity index (χ3n) is 4.90. The number of nitrogens with zero attached hydrogens (tertiary/aromatic N) is 5. The van der Waals surface area contributed by atoms with Crippen LogP contribution < -0.4 is 10.2 Å². The molecule has 2 heterocycles. The summed E-state index contributed by atoms with van der Waals surface area (Å²) in [5.41, 5.74) is 2.23. The van der Waals surface area contributed by atoms with Crippen molar-refractivity contribution >= 4 is 11.7 Å². The van der Waals surface area contributed by atoms with Crippen LogP contribution in [0.5, 0.6) is 0 Å². The Kier molecular flexibility index (Phi) is 5.46. The van der Waals surface area contributed by atoms with Crippen molar-refractivity contribution in [3.8, 4) is 0 Å². The monoisotopic (exact) mass is 388 g/mol. The molecule has 1 N–H and O–H groups in total. The molecule has 3 aromatic rings. The van der Waals surface area contributed by atoms with Crippen LogP contribution in [0.25, 0.3) is 0 Å². The van der Waals surface area contributed by atoms with E-state index >= 15 is 0 Å². The van der Waals surface area contributed by atoms with E-state index < -0.39 is 0 Å². The maximum Gasteiger partial charge on any atom is 0.271 e. The lowest BCUT2D eigenvalue weighted by molar-refractivity contribution is 0.0931. The zero-order chi connectivity index (χ0) is 20.2. The first kappa shape index (κ1) is 19.0. The van der Waals surface area contributed by atoms with Crippen LogP contribution in [0.2, 0.25) is 0 Å². The summed E-state index contributed by atoms with van der Waals surface area (Å²) in [7, 11) is 3.96. The van der Waals surface area contributed by atoms with Crippen molar-refractivity contribution in [3.63, 3.8) is 0 Å². The van der Waals surface area contributed by atoms with Crippen LogP contribution in [0.1, 0.15) is 52.4 Å². The van der Waals surface area contributed by atoms with Crippen molar-refractivity contribution in [2.24, 2.45) is 0 Å². The summed E-state index contributed by atoms with van der Waals surface area (Å²) >= 11 is 0. The number of anilines is 1. The van der Waals surface area contributed by atoms with Crippen molar-refractivity contribution in [1.29, 1.82) is 0 Å². The van der Waals surface area contributed by atoms with Gasteiger partial charge in [-0.25, -0.2) is 15.0 Å². The lowest BCUT2D eigenvalue weighted by Crippen LogP contribution is -2.31. The van der Waals surface area contributed by atoms with E-state index in [0.29, 0.717) is 18.0 Å². The Morgan fingerprint density at radius 2 is 1.97 bits per heavy atom. The van der Waals surface area contributed by atoms with Crippen molar-refractivity contribution < 1.29 is 4.79 Å². The molecule has 1 saturated carbocycles. The SMILES string of the molecule is CN(C)c1cc(C[C@@H](NC(=O)c2cnccn2)c2ccccc2)nc(C2CC2)n1. The molecule has 7 heteroatoms. The summed E-state index contributed by atoms with van der Waals surface area (Å²) in [4.78, 5) is 32.3. The molecule has 2 aromatic heterocycles. The van der Waals surface area contributed by atoms with Crippen LogP contribution in [-0.2, 0) is 6.42 Å². The highest BCUT2D eigenvalue weighted by Gasteiger charge is 2.28. The van der Waals surface area contributed by atoms with E-state index in [0.717, 1.165) is 35.7 Å². The molecular formula is C22H24N6O. The summed E-state index contributed by atoms with van der Waals surface area (Å²) in [6.45, 7) is 0. The van der Waals surface area contributed by atoms with Gasteiger partial charge in [-0.1, -0.05) is 30.3 Å². The van der Waals surface area contributed by atoms with E-state index in [1.54, 1.807) is 6.20 Å². The number of nitrogens with one attached hydrogen (secondary N) is 1. The standard InChI is InChI=1S/C22H24N6O/c1-28(2)20-13-17(25-21(27-20)16-8-9-16)12-18(15-6-4-3-5-7-15)26-22(29)19-14-23-10-11-24-19/h3-7,10-11,13-14,16,18H,8-9,12H2,1-2H3,(H,26,29)/t18-/m1/s1. The quantitative estimate of drug-likeness (QED) is 0.670. The molecule has 29 heavy (non-hydrogen) atoms. The first-order valence-corrected chi connectivity index (χ1v) is 9.77. The van der Waals surface area contributed by atoms with Crippen LogP contribution in [0.3, 0.4) is 0 Å². The second-order valence-electron chi connectivity index (χ2n) is 7.48. The number of benzene rings is 1. The molecule has 0 saturated heterocycles. The Hall–Kier alpha value is -3.35. The summed E-state index contributed by atoms with van der Waals surface area (Å²) in [6, 6.07) is 11.7. The Labute approximate surface area is 170 Å². The molecule has 0 spiro atoms. The van der Waals surface area contributed by atoms with Gasteiger partial charge in [-0.2, -0.15) is 0 Å². The number of amides is 1. The largest absolute Gasteiger partial charge is 0.363 e. The van der Waals surface area contributed by atoms with Gasteiger partial charge in [0.2, 0.25) is 0 Å². The fraction of sp³-hybridized carbons (Fsp3) is 0.318. The maximum atomic E-state index is 12.7. The Balaban J connectivity index is 1.63. The number of hydrogen-bond donors (Lipinski definition) is 1. The van der Waals surface area contributed by atoms with Gasteiger partial charge in [0.05, 0.1) is 12.2 Å². The summed E-state index contributed by atoms with van der Waals surface area (Å²) < 4.78 is 0. The molecule has 148 valence electrons. The lowest BCUT2D eigenvalue weighted by Gasteiger charge is -2.20. The molecule has 0 unspecified atom stereocenters. The zero-order valence-corrected chi connectivity index (χ0v) is 16.6. The number of hydrogen-bond acceptors (Lipinski definition) is 6. The molecular weight excluding hydrogens is 364 g/mol. The smallest absolute Gasteiger partial charge is 0.271 e. The maximum absolute atomic E-state index is 12.7. The topological polar surface area (TPSA) is 83.9 Å². The molecule has 1 aliphatic carbocycles. The predicted octanol–water partition coefficient (Wildman–Crippen LogP) is 2.92. The van der Waals surface area contributed by atoms with Crippen molar-refractivity contribution in [2.75, 3.05) is 19.0 Å². The van der Waals surface area contributed by atoms with E-state index in [4.69, 9.17) is 9.97 Å². The molecule has 0 radical (unpaired) electrons. The van der Waals surface area contributed by atoms with Gasteiger partial charge in [0.15, 0.2) is 0 Å². The van der Waals surface area contributed by atoms with Gasteiger partial charge in [-0.05, 0) is 18.4 Å². The fourth-order valence-corrected chi connectivity index (χ4v) is 3.16. The first-order chi connectivity index (χ1) is 14.1. The van der Waals surface area contributed by atoms with Crippen LogP contribution in [0.15, 0.2) is 55.0 Å². The number of carbonyl (C=O) groups is 1. The second-order valence-corrected chi connectivity index (χ2v) is 7.48. The predicted molar refractivity (Wildman–Crippen MR) is 111 cm³/mol. The summed E-state index contributed by atoms with van der Waals surface area (Å²) in [5, 5.41) is 3.10. The van der Waals surface area contributed by atoms with Gasteiger partial charge in [0, 0.05) is 50.6 Å². The molecule has 1 atom stereocenters. The third-order valence-corrected chi connectivity index (χ3v) is 4.90. The number of aromatic nitrogens is 4. The van der Waals surface area contributed by atoms with Gasteiger partial charge in [0.25, 0.3) is 5.91 Å². The zero-order valence-electron chi connectivity index (χ0n) is 16.6.